The van der Waals surface area contributed by atoms with E-state index >= 15 is 0 Å². The fourth-order valence-corrected chi connectivity index (χ4v) is 4.71. The van der Waals surface area contributed by atoms with Gasteiger partial charge in [-0.1, -0.05) is 6.07 Å². The Morgan fingerprint density at radius 2 is 1.72 bits per heavy atom. The van der Waals surface area contributed by atoms with E-state index in [9.17, 15) is 9.59 Å². The minimum atomic E-state index is -0.590. The van der Waals surface area contributed by atoms with E-state index in [0.29, 0.717) is 28.6 Å². The van der Waals surface area contributed by atoms with Crippen molar-refractivity contribution in [2.24, 2.45) is 11.8 Å². The van der Waals surface area contributed by atoms with Crippen molar-refractivity contribution in [1.29, 1.82) is 0 Å². The van der Waals surface area contributed by atoms with Crippen LogP contribution in [0.5, 0.6) is 23.0 Å². The van der Waals surface area contributed by atoms with Gasteiger partial charge in [-0.05, 0) is 41.8 Å². The number of cyclic esters (lactones) is 1. The number of fused-ring (bicyclic) bond motifs is 3. The Hall–Kier alpha value is -3.22. The molecule has 5 rings (SSSR count). The van der Waals surface area contributed by atoms with E-state index in [1.54, 1.807) is 20.3 Å². The minimum absolute atomic E-state index is 0.0948. The number of hydrogen-bond donors (Lipinski definition) is 0. The molecule has 3 atom stereocenters. The maximum absolute atomic E-state index is 13.1. The summed E-state index contributed by atoms with van der Waals surface area (Å²) in [5, 5.41) is 0. The summed E-state index contributed by atoms with van der Waals surface area (Å²) in [5.41, 5.74) is 3.03. The first kappa shape index (κ1) is 17.8. The highest BCUT2D eigenvalue weighted by Crippen LogP contribution is 2.51. The van der Waals surface area contributed by atoms with E-state index in [4.69, 9.17) is 23.7 Å². The molecule has 29 heavy (non-hydrogen) atoms. The molecule has 2 aliphatic heterocycles. The number of hydrogen-bond acceptors (Lipinski definition) is 7. The third-order valence-corrected chi connectivity index (χ3v) is 6.00. The van der Waals surface area contributed by atoms with Gasteiger partial charge >= 0.3 is 5.97 Å². The van der Waals surface area contributed by atoms with Gasteiger partial charge in [0.15, 0.2) is 28.8 Å². The number of rotatable bonds is 3. The molecule has 2 aromatic rings. The number of ketones is 1. The number of carbonyl (C=O) groups excluding carboxylic acids is 2. The summed E-state index contributed by atoms with van der Waals surface area (Å²) in [5.74, 6) is 0.403. The van der Waals surface area contributed by atoms with Crippen LogP contribution in [-0.2, 0) is 9.53 Å². The lowest BCUT2D eigenvalue weighted by Gasteiger charge is -2.33. The summed E-state index contributed by atoms with van der Waals surface area (Å²) >= 11 is 0. The molecule has 1 fully saturated rings. The van der Waals surface area contributed by atoms with Crippen LogP contribution in [0.25, 0.3) is 0 Å². The van der Waals surface area contributed by atoms with Gasteiger partial charge in [-0.25, -0.2) is 0 Å². The average Bonchev–Trinajstić information content (AvgIpc) is 3.33. The van der Waals surface area contributed by atoms with E-state index in [2.05, 4.69) is 0 Å². The maximum Gasteiger partial charge on any atom is 0.310 e. The Morgan fingerprint density at radius 1 is 0.966 bits per heavy atom. The zero-order valence-electron chi connectivity index (χ0n) is 16.3. The van der Waals surface area contributed by atoms with Gasteiger partial charge in [0.2, 0.25) is 6.79 Å². The van der Waals surface area contributed by atoms with Crippen LogP contribution in [0.3, 0.4) is 0 Å². The molecule has 0 radical (unpaired) electrons. The van der Waals surface area contributed by atoms with Gasteiger partial charge in [0, 0.05) is 11.5 Å². The number of methoxy groups -OCH3 is 2. The highest BCUT2D eigenvalue weighted by molar-refractivity contribution is 6.05. The molecule has 1 saturated heterocycles. The number of benzene rings is 2. The first-order valence-electron chi connectivity index (χ1n) is 9.40. The van der Waals surface area contributed by atoms with Crippen LogP contribution in [0.2, 0.25) is 0 Å². The molecule has 150 valence electrons. The van der Waals surface area contributed by atoms with Gasteiger partial charge in [-0.15, -0.1) is 0 Å². The molecule has 3 aliphatic rings. The third kappa shape index (κ3) is 2.50. The van der Waals surface area contributed by atoms with Crippen molar-refractivity contribution in [3.8, 4) is 23.0 Å². The smallest absolute Gasteiger partial charge is 0.310 e. The van der Waals surface area contributed by atoms with Crippen molar-refractivity contribution in [1.82, 2.24) is 0 Å². The molecule has 7 nitrogen and oxygen atoms in total. The Bertz CT molecular complexity index is 1040. The van der Waals surface area contributed by atoms with Crippen molar-refractivity contribution >= 4 is 11.8 Å². The van der Waals surface area contributed by atoms with Crippen LogP contribution >= 0.6 is 0 Å². The van der Waals surface area contributed by atoms with Gasteiger partial charge in [0.1, 0.15) is 6.61 Å². The molecule has 1 unspecified atom stereocenters. The highest BCUT2D eigenvalue weighted by atomic mass is 16.7. The van der Waals surface area contributed by atoms with Crippen LogP contribution in [0.1, 0.15) is 33.0 Å². The average molecular weight is 396 g/mol. The van der Waals surface area contributed by atoms with Crippen LogP contribution in [0, 0.1) is 18.8 Å². The summed E-state index contributed by atoms with van der Waals surface area (Å²) < 4.78 is 27.3. The standard InChI is InChI=1S/C22H20O7/c1-10-4-11(5-17(25-2)21(10)26-3)18-12-6-15-16(29-9-28-15)7-13(12)20(23)14-8-27-22(24)19(14)18/h4-7,14,18-19H,8-9H2,1-3H3/t14-,18?,19+/m0/s1. The fourth-order valence-electron chi connectivity index (χ4n) is 4.71. The molecule has 0 bridgehead atoms. The van der Waals surface area contributed by atoms with Crippen molar-refractivity contribution in [2.45, 2.75) is 12.8 Å². The predicted octanol–water partition coefficient (Wildman–Crippen LogP) is 2.86. The summed E-state index contributed by atoms with van der Waals surface area (Å²) in [6, 6.07) is 7.37. The van der Waals surface area contributed by atoms with Crippen molar-refractivity contribution in [2.75, 3.05) is 27.6 Å². The monoisotopic (exact) mass is 396 g/mol. The van der Waals surface area contributed by atoms with E-state index in [1.165, 1.54) is 0 Å². The molecular weight excluding hydrogens is 376 g/mol. The first-order valence-corrected chi connectivity index (χ1v) is 9.40. The Balaban J connectivity index is 1.75. The lowest BCUT2D eigenvalue weighted by atomic mass is 9.67. The fraction of sp³-hybridized carbons (Fsp3) is 0.364. The first-order chi connectivity index (χ1) is 14.0. The molecular formula is C22H20O7. The van der Waals surface area contributed by atoms with Gasteiger partial charge in [-0.3, -0.25) is 9.59 Å². The predicted molar refractivity (Wildman–Crippen MR) is 101 cm³/mol. The lowest BCUT2D eigenvalue weighted by Crippen LogP contribution is -2.36. The molecule has 0 amide bonds. The van der Waals surface area contributed by atoms with Crippen molar-refractivity contribution in [3.05, 3.63) is 46.5 Å². The van der Waals surface area contributed by atoms with E-state index < -0.39 is 11.8 Å². The Morgan fingerprint density at radius 3 is 2.45 bits per heavy atom. The van der Waals surface area contributed by atoms with Gasteiger partial charge in [0.25, 0.3) is 0 Å². The van der Waals surface area contributed by atoms with Gasteiger partial charge in [0.05, 0.1) is 26.1 Å². The number of ether oxygens (including phenoxy) is 5. The molecule has 7 heteroatoms. The topological polar surface area (TPSA) is 80.3 Å². The Kier molecular flexibility index (Phi) is 3.94. The second-order valence-electron chi connectivity index (χ2n) is 7.47. The third-order valence-electron chi connectivity index (χ3n) is 6.00. The molecule has 1 aliphatic carbocycles. The van der Waals surface area contributed by atoms with Gasteiger partial charge in [-0.2, -0.15) is 0 Å². The maximum atomic E-state index is 13.1. The van der Waals surface area contributed by atoms with E-state index in [-0.39, 0.29) is 31.1 Å². The molecule has 0 spiro atoms. The summed E-state index contributed by atoms with van der Waals surface area (Å²) in [7, 11) is 3.16. The van der Waals surface area contributed by atoms with Gasteiger partial charge < -0.3 is 23.7 Å². The van der Waals surface area contributed by atoms with Crippen molar-refractivity contribution < 1.29 is 33.3 Å². The molecule has 0 aromatic heterocycles. The summed E-state index contributed by atoms with van der Waals surface area (Å²) in [6.07, 6.45) is 0. The SMILES string of the molecule is COc1cc(C2c3cc4c(cc3C(=O)[C@H]3COC(=O)[C@@H]23)OCO4)cc(C)c1OC. The van der Waals surface area contributed by atoms with Crippen LogP contribution < -0.4 is 18.9 Å². The zero-order chi connectivity index (χ0) is 20.3. The van der Waals surface area contributed by atoms with Crippen LogP contribution in [0.4, 0.5) is 0 Å². The normalized spacial score (nSPS) is 24.0. The molecule has 0 saturated carbocycles. The second kappa shape index (κ2) is 6.40. The Labute approximate surface area is 167 Å². The molecule has 2 heterocycles. The quantitative estimate of drug-likeness (QED) is 0.738. The van der Waals surface area contributed by atoms with Crippen molar-refractivity contribution in [3.63, 3.8) is 0 Å². The minimum Gasteiger partial charge on any atom is -0.493 e. The van der Waals surface area contributed by atoms with Crippen LogP contribution in [-0.4, -0.2) is 39.4 Å². The number of carbonyl (C=O) groups is 2. The molecule has 2 aromatic carbocycles. The number of aryl methyl sites for hydroxylation is 1. The highest BCUT2D eigenvalue weighted by Gasteiger charge is 2.52. The number of Topliss-reactive ketones (excluding diaryl/α,β-unsaturated/α-hetero) is 1. The summed E-state index contributed by atoms with van der Waals surface area (Å²) in [6.45, 7) is 2.13. The second-order valence-corrected chi connectivity index (χ2v) is 7.47. The van der Waals surface area contributed by atoms with E-state index in [0.717, 1.165) is 16.7 Å². The summed E-state index contributed by atoms with van der Waals surface area (Å²) in [4.78, 5) is 25.8. The van der Waals surface area contributed by atoms with E-state index in [1.807, 2.05) is 25.1 Å². The largest absolute Gasteiger partial charge is 0.493 e. The lowest BCUT2D eigenvalue weighted by molar-refractivity contribution is -0.141. The zero-order valence-corrected chi connectivity index (χ0v) is 16.3. The molecule has 0 N–H and O–H groups in total. The van der Waals surface area contributed by atoms with Crippen LogP contribution in [0.15, 0.2) is 24.3 Å². The number of esters is 1.